The number of aliphatic hydroxyl groups is 1. The van der Waals surface area contributed by atoms with Crippen molar-refractivity contribution in [1.82, 2.24) is 24.9 Å². The maximum absolute atomic E-state index is 15.5. The smallest absolute Gasteiger partial charge is 0.388 e. The van der Waals surface area contributed by atoms with Crippen LogP contribution in [-0.2, 0) is 30.5 Å². The third kappa shape index (κ3) is 9.05. The van der Waals surface area contributed by atoms with E-state index in [9.17, 15) is 36.3 Å². The molecule has 1 aliphatic carbocycles. The molecule has 330 valence electrons. The second kappa shape index (κ2) is 16.0. The van der Waals surface area contributed by atoms with Gasteiger partial charge in [-0.3, -0.25) is 19.8 Å². The summed E-state index contributed by atoms with van der Waals surface area (Å²) in [5.41, 5.74) is -3.00. The summed E-state index contributed by atoms with van der Waals surface area (Å²) in [6, 6.07) is 8.03. The number of piperazine rings is 1. The van der Waals surface area contributed by atoms with Gasteiger partial charge in [-0.15, -0.1) is 0 Å². The van der Waals surface area contributed by atoms with Crippen molar-refractivity contribution in [2.24, 2.45) is 0 Å². The first-order valence-electron chi connectivity index (χ1n) is 20.5. The molecule has 2 amide bonds. The summed E-state index contributed by atoms with van der Waals surface area (Å²) in [6.45, 7) is 6.21. The van der Waals surface area contributed by atoms with Gasteiger partial charge >= 0.3 is 6.18 Å². The van der Waals surface area contributed by atoms with Crippen LogP contribution in [0.2, 0.25) is 0 Å². The Morgan fingerprint density at radius 3 is 2.41 bits per heavy atom. The number of ether oxygens (including phenoxy) is 1. The number of hydrogen-bond donors (Lipinski definition) is 4. The summed E-state index contributed by atoms with van der Waals surface area (Å²) >= 11 is 0. The molecule has 4 N–H and O–H groups in total. The van der Waals surface area contributed by atoms with Crippen molar-refractivity contribution < 1.29 is 49.8 Å². The average Bonchev–Trinajstić information content (AvgIpc) is 3.19. The second-order valence-corrected chi connectivity index (χ2v) is 19.2. The van der Waals surface area contributed by atoms with Crippen molar-refractivity contribution in [2.45, 2.75) is 105 Å². The maximum atomic E-state index is 15.5. The fourth-order valence-corrected chi connectivity index (χ4v) is 10.9. The van der Waals surface area contributed by atoms with Crippen LogP contribution in [0.3, 0.4) is 0 Å². The number of imide groups is 1. The second-order valence-electron chi connectivity index (χ2n) is 17.6. The summed E-state index contributed by atoms with van der Waals surface area (Å²) in [6.07, 6.45) is -0.650. The monoisotopic (exact) mass is 876 g/mol. The average molecular weight is 877 g/mol. The van der Waals surface area contributed by atoms with Crippen molar-refractivity contribution in [3.8, 4) is 0 Å². The molecule has 1 aromatic heterocycles. The van der Waals surface area contributed by atoms with Crippen LogP contribution in [0.4, 0.5) is 45.1 Å². The number of nitrogens with one attached hydrogen (secondary N) is 3. The number of piperidine rings is 2. The fraction of sp³-hybridized carbons (Fsp3) is 0.561. The molecule has 5 saturated heterocycles. The lowest BCUT2D eigenvalue weighted by molar-refractivity contribution is -0.169. The summed E-state index contributed by atoms with van der Waals surface area (Å²) < 4.78 is 109. The van der Waals surface area contributed by atoms with Crippen molar-refractivity contribution >= 4 is 45.0 Å². The van der Waals surface area contributed by atoms with Gasteiger partial charge in [-0.25, -0.2) is 26.9 Å². The minimum absolute atomic E-state index is 0.0422. The number of halogens is 5. The van der Waals surface area contributed by atoms with Gasteiger partial charge < -0.3 is 25.0 Å². The van der Waals surface area contributed by atoms with Crippen LogP contribution in [0.15, 0.2) is 47.5 Å². The molecule has 2 bridgehead atoms. The summed E-state index contributed by atoms with van der Waals surface area (Å²) in [7, 11) is -4.24. The van der Waals surface area contributed by atoms with E-state index in [-0.39, 0.29) is 54.6 Å². The molecule has 2 aromatic carbocycles. The van der Waals surface area contributed by atoms with Crippen molar-refractivity contribution in [1.29, 1.82) is 0 Å². The summed E-state index contributed by atoms with van der Waals surface area (Å²) in [4.78, 5) is 37.0. The Kier molecular flexibility index (Phi) is 11.3. The number of alkyl halides is 3. The molecule has 1 unspecified atom stereocenters. The Bertz CT molecular complexity index is 2290. The van der Waals surface area contributed by atoms with Gasteiger partial charge in [0, 0.05) is 57.9 Å². The lowest BCUT2D eigenvalue weighted by Gasteiger charge is -2.55. The number of β-amino-alcohol motifs (C(OH)–C–C–N with tert-alkyl or cyclic N) is 1. The molecule has 61 heavy (non-hydrogen) atoms. The summed E-state index contributed by atoms with van der Waals surface area (Å²) in [5.74, 6) is -3.53. The Hall–Kier alpha value is -4.50. The molecule has 0 radical (unpaired) electrons. The molecular weight excluding hydrogens is 828 g/mol. The van der Waals surface area contributed by atoms with Crippen molar-refractivity contribution in [3.63, 3.8) is 0 Å². The van der Waals surface area contributed by atoms with E-state index in [1.807, 2.05) is 4.90 Å². The maximum Gasteiger partial charge on any atom is 0.421 e. The van der Waals surface area contributed by atoms with Gasteiger partial charge in [0.2, 0.25) is 27.8 Å². The van der Waals surface area contributed by atoms with E-state index < -0.39 is 67.8 Å². The predicted octanol–water partition coefficient (Wildman–Crippen LogP) is 4.96. The van der Waals surface area contributed by atoms with E-state index in [0.29, 0.717) is 88.6 Å². The van der Waals surface area contributed by atoms with E-state index in [4.69, 9.17) is 4.74 Å². The molecule has 14 nitrogen and oxygen atoms in total. The van der Waals surface area contributed by atoms with Gasteiger partial charge in [0.1, 0.15) is 23.0 Å². The number of benzene rings is 2. The number of fused-ring (bicyclic) bond motifs is 3. The molecule has 6 heterocycles. The van der Waals surface area contributed by atoms with Crippen LogP contribution in [0.5, 0.6) is 0 Å². The minimum Gasteiger partial charge on any atom is -0.388 e. The van der Waals surface area contributed by atoms with Gasteiger partial charge in [-0.1, -0.05) is 6.07 Å². The van der Waals surface area contributed by atoms with Crippen LogP contribution >= 0.6 is 0 Å². The Morgan fingerprint density at radius 2 is 1.77 bits per heavy atom. The SMILES string of the molecule is C[C@H]1CN(c2ccc(C3CCC(=O)NC3=O)cc2F)CCN1CC12CCC(NS(=O)(=O)c3ccc(Nc4ncc(C(F)(F)F)c(N5CCC[C@](C)(O)C5)n4)c(F)c3)(CC1)CO2. The fourth-order valence-electron chi connectivity index (χ4n) is 9.43. The van der Waals surface area contributed by atoms with Gasteiger partial charge in [-0.05, 0) is 94.7 Å². The van der Waals surface area contributed by atoms with Gasteiger partial charge in [0.05, 0.1) is 45.5 Å². The molecule has 3 aromatic rings. The first kappa shape index (κ1) is 43.2. The zero-order chi connectivity index (χ0) is 43.5. The van der Waals surface area contributed by atoms with E-state index in [1.54, 1.807) is 12.1 Å². The molecular formula is C41H49F5N8O6S. The quantitative estimate of drug-likeness (QED) is 0.160. The van der Waals surface area contributed by atoms with Crippen LogP contribution in [0.25, 0.3) is 0 Å². The number of anilines is 4. The number of rotatable bonds is 10. The first-order chi connectivity index (χ1) is 28.7. The molecule has 3 atom stereocenters. The number of hydrogen-bond acceptors (Lipinski definition) is 12. The topological polar surface area (TPSA) is 169 Å². The third-order valence-electron chi connectivity index (χ3n) is 12.9. The molecule has 9 rings (SSSR count). The third-order valence-corrected chi connectivity index (χ3v) is 14.5. The zero-order valence-electron chi connectivity index (χ0n) is 33.8. The lowest BCUT2D eigenvalue weighted by Crippen LogP contribution is -2.66. The Labute approximate surface area is 350 Å². The molecule has 20 heteroatoms. The van der Waals surface area contributed by atoms with Crippen LogP contribution in [0, 0.1) is 11.6 Å². The van der Waals surface area contributed by atoms with Gasteiger partial charge in [0.15, 0.2) is 0 Å². The molecule has 5 aliphatic heterocycles. The van der Waals surface area contributed by atoms with Gasteiger partial charge in [0.25, 0.3) is 0 Å². The molecule has 1 saturated carbocycles. The number of amides is 2. The number of carbonyl (C=O) groups is 2. The Morgan fingerprint density at radius 1 is 1.00 bits per heavy atom. The van der Waals surface area contributed by atoms with Crippen LogP contribution in [0.1, 0.15) is 82.3 Å². The molecule has 0 spiro atoms. The zero-order valence-corrected chi connectivity index (χ0v) is 34.6. The highest BCUT2D eigenvalue weighted by atomic mass is 32.2. The number of nitrogens with zero attached hydrogens (tertiary/aromatic N) is 5. The number of aromatic nitrogens is 2. The lowest BCUT2D eigenvalue weighted by atomic mass is 9.71. The highest BCUT2D eigenvalue weighted by Gasteiger charge is 2.52. The number of sulfonamides is 1. The predicted molar refractivity (Wildman–Crippen MR) is 214 cm³/mol. The van der Waals surface area contributed by atoms with Crippen LogP contribution < -0.4 is 25.2 Å². The standard InChI is InChI=1S/C41H49F5N8O6S/c1-25-21-52(33-8-4-26(18-31(33)43)28-6-9-34(55)49-36(28)56)16-17-53(25)23-40-13-11-39(12-14-40,24-60-40)51-61(58,59)27-5-7-32(30(42)19-27)48-37-47-20-29(41(44,45)46)35(50-37)54-15-3-10-38(2,57)22-54/h4-5,7-8,18-20,25,28,51,57H,3,6,9-17,21-24H2,1-2H3,(H,47,48,50)(H,49,55,56)/t25-,28?,38-,39?,40?/m0/s1. The minimum atomic E-state index is -4.79. The summed E-state index contributed by atoms with van der Waals surface area (Å²) in [5, 5.41) is 15.4. The Balaban J connectivity index is 0.870. The van der Waals surface area contributed by atoms with E-state index in [1.165, 1.54) is 24.0 Å². The normalized spacial score (nSPS) is 28.9. The number of carbonyl (C=O) groups excluding carboxylic acids is 2. The van der Waals surface area contributed by atoms with Crippen molar-refractivity contribution in [3.05, 3.63) is 65.4 Å². The highest BCUT2D eigenvalue weighted by Crippen LogP contribution is 2.45. The van der Waals surface area contributed by atoms with Gasteiger partial charge in [-0.2, -0.15) is 18.2 Å². The molecule has 6 aliphatic rings. The molecule has 6 fully saturated rings. The van der Waals surface area contributed by atoms with E-state index in [2.05, 4.69) is 37.1 Å². The highest BCUT2D eigenvalue weighted by molar-refractivity contribution is 7.89. The van der Waals surface area contributed by atoms with E-state index in [0.717, 1.165) is 12.1 Å². The van der Waals surface area contributed by atoms with E-state index >= 15 is 8.78 Å². The largest absolute Gasteiger partial charge is 0.421 e. The van der Waals surface area contributed by atoms with Crippen molar-refractivity contribution in [2.75, 3.05) is 61.0 Å². The first-order valence-corrected chi connectivity index (χ1v) is 22.0. The van der Waals surface area contributed by atoms with Crippen LogP contribution in [-0.4, -0.2) is 109 Å².